The Labute approximate surface area is 135 Å². The van der Waals surface area contributed by atoms with Crippen LogP contribution in [0.3, 0.4) is 0 Å². The van der Waals surface area contributed by atoms with E-state index in [0.717, 1.165) is 5.01 Å². The lowest BCUT2D eigenvalue weighted by molar-refractivity contribution is -0.384. The molecule has 0 atom stereocenters. The fraction of sp³-hybridized carbons (Fsp3) is 0. The van der Waals surface area contributed by atoms with E-state index in [2.05, 4.69) is 5.43 Å². The SMILES string of the molecule is NC(=S)N(NC(=O)c1ccc([N+](=O)[O-])cc1)c1ccc(F)cc1. The Morgan fingerprint density at radius 3 is 2.22 bits per heavy atom. The number of hydrogen-bond donors (Lipinski definition) is 2. The van der Waals surface area contributed by atoms with E-state index < -0.39 is 16.6 Å². The monoisotopic (exact) mass is 334 g/mol. The van der Waals surface area contributed by atoms with Crippen molar-refractivity contribution in [2.24, 2.45) is 5.73 Å². The lowest BCUT2D eigenvalue weighted by atomic mass is 10.2. The first-order valence-corrected chi connectivity index (χ1v) is 6.70. The average molecular weight is 334 g/mol. The van der Waals surface area contributed by atoms with Crippen LogP contribution in [0.4, 0.5) is 15.8 Å². The van der Waals surface area contributed by atoms with Crippen LogP contribution in [0.25, 0.3) is 0 Å². The Morgan fingerprint density at radius 1 is 1.17 bits per heavy atom. The molecule has 23 heavy (non-hydrogen) atoms. The van der Waals surface area contributed by atoms with Gasteiger partial charge in [0, 0.05) is 17.7 Å². The second-order valence-electron chi connectivity index (χ2n) is 4.39. The van der Waals surface area contributed by atoms with Crippen LogP contribution in [-0.2, 0) is 0 Å². The largest absolute Gasteiger partial charge is 0.374 e. The summed E-state index contributed by atoms with van der Waals surface area (Å²) >= 11 is 4.86. The number of nitrogens with one attached hydrogen (secondary N) is 1. The number of amides is 1. The third kappa shape index (κ3) is 3.98. The van der Waals surface area contributed by atoms with Crippen LogP contribution in [-0.4, -0.2) is 15.9 Å². The molecule has 0 bridgehead atoms. The van der Waals surface area contributed by atoms with Crippen molar-refractivity contribution >= 4 is 34.6 Å². The molecule has 0 aliphatic rings. The molecule has 1 amide bonds. The highest BCUT2D eigenvalue weighted by molar-refractivity contribution is 7.80. The molecule has 0 saturated heterocycles. The average Bonchev–Trinajstić information content (AvgIpc) is 2.53. The number of hydrogen-bond acceptors (Lipinski definition) is 4. The summed E-state index contributed by atoms with van der Waals surface area (Å²) in [6, 6.07) is 10.2. The van der Waals surface area contributed by atoms with Crippen LogP contribution in [0.2, 0.25) is 0 Å². The quantitative estimate of drug-likeness (QED) is 0.506. The van der Waals surface area contributed by atoms with Gasteiger partial charge in [-0.15, -0.1) is 0 Å². The maximum Gasteiger partial charge on any atom is 0.270 e. The highest BCUT2D eigenvalue weighted by atomic mass is 32.1. The van der Waals surface area contributed by atoms with Gasteiger partial charge in [-0.05, 0) is 48.6 Å². The van der Waals surface area contributed by atoms with Gasteiger partial charge in [0.25, 0.3) is 11.6 Å². The third-order valence-corrected chi connectivity index (χ3v) is 3.04. The lowest BCUT2D eigenvalue weighted by Crippen LogP contribution is -2.49. The number of nitro benzene ring substituents is 1. The predicted molar refractivity (Wildman–Crippen MR) is 86.2 cm³/mol. The van der Waals surface area contributed by atoms with E-state index in [-0.39, 0.29) is 16.4 Å². The number of anilines is 1. The van der Waals surface area contributed by atoms with Crippen molar-refractivity contribution in [3.63, 3.8) is 0 Å². The number of rotatable bonds is 3. The van der Waals surface area contributed by atoms with Gasteiger partial charge in [-0.3, -0.25) is 20.3 Å². The first kappa shape index (κ1) is 16.3. The summed E-state index contributed by atoms with van der Waals surface area (Å²) in [5.74, 6) is -1.02. The Balaban J connectivity index is 2.19. The summed E-state index contributed by atoms with van der Waals surface area (Å²) in [6.07, 6.45) is 0. The van der Waals surface area contributed by atoms with E-state index in [1.807, 2.05) is 0 Å². The summed E-state index contributed by atoms with van der Waals surface area (Å²) in [5, 5.41) is 11.6. The number of halogens is 1. The smallest absolute Gasteiger partial charge is 0.270 e. The topological polar surface area (TPSA) is 102 Å². The summed E-state index contributed by atoms with van der Waals surface area (Å²) in [6.45, 7) is 0. The zero-order valence-electron chi connectivity index (χ0n) is 11.6. The number of nitro groups is 1. The number of carbonyl (C=O) groups excluding carboxylic acids is 1. The Kier molecular flexibility index (Phi) is 4.82. The van der Waals surface area contributed by atoms with Gasteiger partial charge in [-0.2, -0.15) is 0 Å². The standard InChI is InChI=1S/C14H11FN4O3S/c15-10-3-7-11(8-4-10)18(14(16)23)17-13(20)9-1-5-12(6-2-9)19(21)22/h1-8H,(H2,16,23)(H,17,20). The molecule has 2 rings (SSSR count). The van der Waals surface area contributed by atoms with Gasteiger partial charge in [0.05, 0.1) is 10.6 Å². The molecule has 0 spiro atoms. The van der Waals surface area contributed by atoms with Gasteiger partial charge in [0.15, 0.2) is 5.11 Å². The first-order chi connectivity index (χ1) is 10.9. The van der Waals surface area contributed by atoms with E-state index in [0.29, 0.717) is 5.69 Å². The minimum atomic E-state index is -0.572. The molecule has 0 heterocycles. The molecule has 118 valence electrons. The van der Waals surface area contributed by atoms with Crippen molar-refractivity contribution in [3.8, 4) is 0 Å². The first-order valence-electron chi connectivity index (χ1n) is 6.29. The molecule has 9 heteroatoms. The number of non-ortho nitro benzene ring substituents is 1. The Bertz CT molecular complexity index is 750. The van der Waals surface area contributed by atoms with Crippen LogP contribution in [0.15, 0.2) is 48.5 Å². The summed E-state index contributed by atoms with van der Waals surface area (Å²) in [7, 11) is 0. The van der Waals surface area contributed by atoms with Crippen LogP contribution in [0.1, 0.15) is 10.4 Å². The molecule has 0 radical (unpaired) electrons. The van der Waals surface area contributed by atoms with Crippen molar-refractivity contribution in [2.45, 2.75) is 0 Å². The molecule has 2 aromatic rings. The second kappa shape index (κ2) is 6.79. The minimum absolute atomic E-state index is 0.133. The summed E-state index contributed by atoms with van der Waals surface area (Å²) in [5.41, 5.74) is 8.43. The Hall–Kier alpha value is -3.07. The normalized spacial score (nSPS) is 9.96. The van der Waals surface area contributed by atoms with E-state index in [1.54, 1.807) is 0 Å². The molecule has 0 aliphatic heterocycles. The zero-order chi connectivity index (χ0) is 17.0. The molecule has 0 saturated carbocycles. The van der Waals surface area contributed by atoms with Crippen molar-refractivity contribution in [2.75, 3.05) is 5.01 Å². The molecule has 7 nitrogen and oxygen atoms in total. The number of hydrazine groups is 1. The van der Waals surface area contributed by atoms with Crippen molar-refractivity contribution < 1.29 is 14.1 Å². The number of nitrogens with zero attached hydrogens (tertiary/aromatic N) is 2. The number of carbonyl (C=O) groups is 1. The van der Waals surface area contributed by atoms with Crippen molar-refractivity contribution in [3.05, 3.63) is 70.0 Å². The van der Waals surface area contributed by atoms with Crippen molar-refractivity contribution in [1.82, 2.24) is 5.43 Å². The van der Waals surface area contributed by atoms with Gasteiger partial charge >= 0.3 is 0 Å². The molecular weight excluding hydrogens is 323 g/mol. The number of thiocarbonyl (C=S) groups is 1. The predicted octanol–water partition coefficient (Wildman–Crippen LogP) is 2.13. The molecule has 0 unspecified atom stereocenters. The van der Waals surface area contributed by atoms with Gasteiger partial charge in [0.2, 0.25) is 0 Å². The van der Waals surface area contributed by atoms with Gasteiger partial charge in [-0.25, -0.2) is 9.40 Å². The molecule has 3 N–H and O–H groups in total. The van der Waals surface area contributed by atoms with E-state index in [1.165, 1.54) is 48.5 Å². The van der Waals surface area contributed by atoms with Crippen LogP contribution in [0, 0.1) is 15.9 Å². The molecular formula is C14H11FN4O3S. The maximum absolute atomic E-state index is 13.0. The van der Waals surface area contributed by atoms with Crippen LogP contribution in [0.5, 0.6) is 0 Å². The Morgan fingerprint density at radius 2 is 1.74 bits per heavy atom. The molecule has 2 aromatic carbocycles. The minimum Gasteiger partial charge on any atom is -0.374 e. The number of nitrogens with two attached hydrogens (primary N) is 1. The van der Waals surface area contributed by atoms with E-state index >= 15 is 0 Å². The van der Waals surface area contributed by atoms with E-state index in [9.17, 15) is 19.3 Å². The van der Waals surface area contributed by atoms with Gasteiger partial charge in [0.1, 0.15) is 5.82 Å². The lowest BCUT2D eigenvalue weighted by Gasteiger charge is -2.23. The van der Waals surface area contributed by atoms with Crippen molar-refractivity contribution in [1.29, 1.82) is 0 Å². The van der Waals surface area contributed by atoms with Gasteiger partial charge < -0.3 is 5.73 Å². The third-order valence-electron chi connectivity index (χ3n) is 2.86. The highest BCUT2D eigenvalue weighted by Gasteiger charge is 2.15. The van der Waals surface area contributed by atoms with Crippen LogP contribution >= 0.6 is 12.2 Å². The molecule has 0 aliphatic carbocycles. The second-order valence-corrected chi connectivity index (χ2v) is 4.81. The van der Waals surface area contributed by atoms with Crippen LogP contribution < -0.4 is 16.2 Å². The molecule has 0 aromatic heterocycles. The number of benzene rings is 2. The fourth-order valence-corrected chi connectivity index (χ4v) is 1.89. The fourth-order valence-electron chi connectivity index (χ4n) is 1.74. The summed E-state index contributed by atoms with van der Waals surface area (Å²) in [4.78, 5) is 22.2. The van der Waals surface area contributed by atoms with Gasteiger partial charge in [-0.1, -0.05) is 0 Å². The maximum atomic E-state index is 13.0. The summed E-state index contributed by atoms with van der Waals surface area (Å²) < 4.78 is 13.0. The zero-order valence-corrected chi connectivity index (χ0v) is 12.4. The molecule has 0 fully saturated rings. The van der Waals surface area contributed by atoms with E-state index in [4.69, 9.17) is 18.0 Å². The highest BCUT2D eigenvalue weighted by Crippen LogP contribution is 2.15.